The van der Waals surface area contributed by atoms with Crippen LogP contribution < -0.4 is 0 Å². The van der Waals surface area contributed by atoms with E-state index >= 15 is 0 Å². The third kappa shape index (κ3) is 14.2. The number of rotatable bonds is 9. The average Bonchev–Trinajstić information content (AvgIpc) is 2.07. The first-order valence-corrected chi connectivity index (χ1v) is 7.76. The molecule has 0 amide bonds. The molecule has 0 aromatic carbocycles. The monoisotopic (exact) mass is 236 g/mol. The molecular formula is C11H25O3P. The van der Waals surface area contributed by atoms with Crippen molar-refractivity contribution < 1.29 is 14.4 Å². The molecule has 0 aliphatic carbocycles. The second-order valence-electron chi connectivity index (χ2n) is 4.69. The van der Waals surface area contributed by atoms with Crippen molar-refractivity contribution in [2.24, 2.45) is 5.92 Å². The van der Waals surface area contributed by atoms with Gasteiger partial charge < -0.3 is 9.79 Å². The molecule has 0 rings (SSSR count). The standard InChI is InChI=1S/C11H25O3P/c1-11(2)9-7-5-3-4-6-8-10-15(12,13)14/h11H,3-10H2,1-2H3,(H2,12,13,14). The summed E-state index contributed by atoms with van der Waals surface area (Å²) >= 11 is 0. The van der Waals surface area contributed by atoms with Gasteiger partial charge in [0.1, 0.15) is 0 Å². The molecule has 0 aliphatic heterocycles. The van der Waals surface area contributed by atoms with Crippen LogP contribution >= 0.6 is 7.60 Å². The Hall–Kier alpha value is 0.150. The van der Waals surface area contributed by atoms with E-state index in [1.54, 1.807) is 0 Å². The normalized spacial score (nSPS) is 12.3. The predicted octanol–water partition coefficient (Wildman–Crippen LogP) is 3.55. The molecule has 15 heavy (non-hydrogen) atoms. The van der Waals surface area contributed by atoms with Gasteiger partial charge in [-0.05, 0) is 12.3 Å². The van der Waals surface area contributed by atoms with E-state index in [2.05, 4.69) is 13.8 Å². The highest BCUT2D eigenvalue weighted by atomic mass is 31.2. The molecule has 0 unspecified atom stereocenters. The fourth-order valence-corrected chi connectivity index (χ4v) is 2.21. The van der Waals surface area contributed by atoms with Gasteiger partial charge in [-0.15, -0.1) is 0 Å². The molecule has 0 aliphatic rings. The molecule has 0 saturated carbocycles. The first-order valence-electron chi connectivity index (χ1n) is 5.96. The van der Waals surface area contributed by atoms with Crippen LogP contribution in [0.5, 0.6) is 0 Å². The van der Waals surface area contributed by atoms with Crippen molar-refractivity contribution in [1.82, 2.24) is 0 Å². The Bertz CT molecular complexity index is 186. The van der Waals surface area contributed by atoms with Gasteiger partial charge in [0.2, 0.25) is 0 Å². The van der Waals surface area contributed by atoms with Gasteiger partial charge in [0.25, 0.3) is 0 Å². The highest BCUT2D eigenvalue weighted by molar-refractivity contribution is 7.51. The first kappa shape index (κ1) is 15.2. The maximum absolute atomic E-state index is 10.5. The van der Waals surface area contributed by atoms with Crippen molar-refractivity contribution >= 4 is 7.60 Å². The summed E-state index contributed by atoms with van der Waals surface area (Å²) in [5, 5.41) is 0. The highest BCUT2D eigenvalue weighted by Crippen LogP contribution is 2.35. The summed E-state index contributed by atoms with van der Waals surface area (Å²) in [6.45, 7) is 4.47. The zero-order valence-corrected chi connectivity index (χ0v) is 10.9. The summed E-state index contributed by atoms with van der Waals surface area (Å²) in [5.74, 6) is 0.791. The molecule has 0 aromatic heterocycles. The molecular weight excluding hydrogens is 211 g/mol. The maximum Gasteiger partial charge on any atom is 0.325 e. The van der Waals surface area contributed by atoms with Crippen LogP contribution in [-0.2, 0) is 4.57 Å². The minimum atomic E-state index is -3.74. The molecule has 0 aromatic rings. The zero-order chi connectivity index (χ0) is 11.7. The summed E-state index contributed by atoms with van der Waals surface area (Å²) in [5.41, 5.74) is 0. The summed E-state index contributed by atoms with van der Waals surface area (Å²) in [7, 11) is -3.74. The average molecular weight is 236 g/mol. The maximum atomic E-state index is 10.5. The third-order valence-corrected chi connectivity index (χ3v) is 3.38. The fourth-order valence-electron chi connectivity index (χ4n) is 1.58. The van der Waals surface area contributed by atoms with Crippen molar-refractivity contribution in [1.29, 1.82) is 0 Å². The minimum Gasteiger partial charge on any atom is -0.324 e. The van der Waals surface area contributed by atoms with Crippen molar-refractivity contribution in [3.8, 4) is 0 Å². The lowest BCUT2D eigenvalue weighted by molar-refractivity contribution is 0.370. The van der Waals surface area contributed by atoms with Crippen LogP contribution in [-0.4, -0.2) is 15.9 Å². The molecule has 0 saturated heterocycles. The second kappa shape index (κ2) is 8.32. The molecule has 0 bridgehead atoms. The van der Waals surface area contributed by atoms with Gasteiger partial charge in [-0.1, -0.05) is 52.4 Å². The molecule has 2 N–H and O–H groups in total. The van der Waals surface area contributed by atoms with E-state index in [1.807, 2.05) is 0 Å². The van der Waals surface area contributed by atoms with Crippen molar-refractivity contribution in [2.45, 2.75) is 58.8 Å². The summed E-state index contributed by atoms with van der Waals surface area (Å²) in [6.07, 6.45) is 7.82. The smallest absolute Gasteiger partial charge is 0.324 e. The van der Waals surface area contributed by atoms with Crippen LogP contribution in [0.3, 0.4) is 0 Å². The van der Waals surface area contributed by atoms with Gasteiger partial charge in [-0.3, -0.25) is 4.57 Å². The van der Waals surface area contributed by atoms with Gasteiger partial charge in [-0.2, -0.15) is 0 Å². The Balaban J connectivity index is 3.09. The highest BCUT2D eigenvalue weighted by Gasteiger charge is 2.10. The fraction of sp³-hybridized carbons (Fsp3) is 1.00. The van der Waals surface area contributed by atoms with E-state index < -0.39 is 7.60 Å². The van der Waals surface area contributed by atoms with Crippen LogP contribution in [0, 0.1) is 5.92 Å². The van der Waals surface area contributed by atoms with E-state index in [0.29, 0.717) is 6.42 Å². The van der Waals surface area contributed by atoms with E-state index in [9.17, 15) is 4.57 Å². The van der Waals surface area contributed by atoms with Crippen LogP contribution in [0.25, 0.3) is 0 Å². The van der Waals surface area contributed by atoms with Crippen LogP contribution in [0.15, 0.2) is 0 Å². The SMILES string of the molecule is CC(C)CCCCCCCCP(=O)(O)O. The molecule has 0 fully saturated rings. The first-order chi connectivity index (χ1) is 6.92. The van der Waals surface area contributed by atoms with Crippen LogP contribution in [0.1, 0.15) is 58.8 Å². The summed E-state index contributed by atoms with van der Waals surface area (Å²) < 4.78 is 10.5. The number of hydrogen-bond acceptors (Lipinski definition) is 1. The van der Waals surface area contributed by atoms with Crippen molar-refractivity contribution in [3.63, 3.8) is 0 Å². The van der Waals surface area contributed by atoms with E-state index in [4.69, 9.17) is 9.79 Å². The Kier molecular flexibility index (Phi) is 8.40. The van der Waals surface area contributed by atoms with Crippen LogP contribution in [0.2, 0.25) is 0 Å². The topological polar surface area (TPSA) is 57.5 Å². The van der Waals surface area contributed by atoms with Crippen LogP contribution in [0.4, 0.5) is 0 Å². The van der Waals surface area contributed by atoms with Gasteiger partial charge in [-0.25, -0.2) is 0 Å². The van der Waals surface area contributed by atoms with Gasteiger partial charge in [0, 0.05) is 6.16 Å². The van der Waals surface area contributed by atoms with E-state index in [-0.39, 0.29) is 6.16 Å². The molecule has 4 heteroatoms. The number of unbranched alkanes of at least 4 members (excludes halogenated alkanes) is 5. The Morgan fingerprint density at radius 1 is 0.933 bits per heavy atom. The molecule has 3 nitrogen and oxygen atoms in total. The summed E-state index contributed by atoms with van der Waals surface area (Å²) in [4.78, 5) is 17.3. The van der Waals surface area contributed by atoms with Gasteiger partial charge in [0.15, 0.2) is 0 Å². The minimum absolute atomic E-state index is 0.0546. The zero-order valence-electron chi connectivity index (χ0n) is 9.98. The van der Waals surface area contributed by atoms with Gasteiger partial charge in [0.05, 0.1) is 0 Å². The molecule has 92 valence electrons. The second-order valence-corrected chi connectivity index (χ2v) is 6.47. The van der Waals surface area contributed by atoms with Crippen molar-refractivity contribution in [3.05, 3.63) is 0 Å². The Morgan fingerprint density at radius 3 is 1.87 bits per heavy atom. The lowest BCUT2D eigenvalue weighted by Gasteiger charge is -2.05. The Morgan fingerprint density at radius 2 is 1.40 bits per heavy atom. The lowest BCUT2D eigenvalue weighted by Crippen LogP contribution is -1.89. The largest absolute Gasteiger partial charge is 0.325 e. The lowest BCUT2D eigenvalue weighted by atomic mass is 10.0. The summed E-state index contributed by atoms with van der Waals surface area (Å²) in [6, 6.07) is 0. The quantitative estimate of drug-likeness (QED) is 0.475. The van der Waals surface area contributed by atoms with E-state index in [0.717, 1.165) is 18.8 Å². The van der Waals surface area contributed by atoms with Crippen molar-refractivity contribution in [2.75, 3.05) is 6.16 Å². The van der Waals surface area contributed by atoms with E-state index in [1.165, 1.54) is 25.7 Å². The Labute approximate surface area is 93.4 Å². The molecule has 0 heterocycles. The molecule has 0 atom stereocenters. The molecule has 0 radical (unpaired) electrons. The third-order valence-electron chi connectivity index (χ3n) is 2.48. The number of hydrogen-bond donors (Lipinski definition) is 2. The van der Waals surface area contributed by atoms with Gasteiger partial charge >= 0.3 is 7.60 Å². The molecule has 0 spiro atoms. The predicted molar refractivity (Wildman–Crippen MR) is 64.1 cm³/mol.